The summed E-state index contributed by atoms with van der Waals surface area (Å²) in [6, 6.07) is 7.41. The summed E-state index contributed by atoms with van der Waals surface area (Å²) in [5.41, 5.74) is 0.895. The highest BCUT2D eigenvalue weighted by atomic mass is 79.9. The van der Waals surface area contributed by atoms with Crippen molar-refractivity contribution < 1.29 is 19.1 Å². The summed E-state index contributed by atoms with van der Waals surface area (Å²) in [5, 5.41) is 11.3. The van der Waals surface area contributed by atoms with Crippen LogP contribution in [0.25, 0.3) is 0 Å². The van der Waals surface area contributed by atoms with Crippen LogP contribution in [0.5, 0.6) is 5.75 Å². The van der Waals surface area contributed by atoms with E-state index in [1.54, 1.807) is 0 Å². The Labute approximate surface area is 194 Å². The highest BCUT2D eigenvalue weighted by Crippen LogP contribution is 2.38. The zero-order valence-electron chi connectivity index (χ0n) is 17.2. The van der Waals surface area contributed by atoms with Crippen LogP contribution in [-0.2, 0) is 16.1 Å². The van der Waals surface area contributed by atoms with Crippen LogP contribution in [0, 0.1) is 22.0 Å². The van der Waals surface area contributed by atoms with Gasteiger partial charge in [0.05, 0.1) is 4.47 Å². The van der Waals surface area contributed by atoms with E-state index in [1.807, 2.05) is 38.1 Å². The van der Waals surface area contributed by atoms with Gasteiger partial charge in [-0.15, -0.1) is 0 Å². The molecule has 0 radical (unpaired) electrons. The van der Waals surface area contributed by atoms with Crippen molar-refractivity contribution >= 4 is 33.3 Å². The molecule has 0 aliphatic carbocycles. The lowest BCUT2D eigenvalue weighted by atomic mass is 10.1. The minimum atomic E-state index is -0.662. The predicted octanol–water partition coefficient (Wildman–Crippen LogP) is 5.66. The van der Waals surface area contributed by atoms with E-state index in [0.717, 1.165) is 30.4 Å². The smallest absolute Gasteiger partial charge is 0.407 e. The Kier molecular flexibility index (Phi) is 7.89. The molecule has 2 aromatic rings. The van der Waals surface area contributed by atoms with Gasteiger partial charge in [-0.25, -0.2) is 0 Å². The number of aromatic nitrogens is 1. The van der Waals surface area contributed by atoms with Crippen LogP contribution >= 0.6 is 27.5 Å². The van der Waals surface area contributed by atoms with Crippen molar-refractivity contribution in [2.75, 3.05) is 6.61 Å². The van der Waals surface area contributed by atoms with Gasteiger partial charge in [0.15, 0.2) is 12.5 Å². The number of pyridine rings is 1. The van der Waals surface area contributed by atoms with E-state index in [0.29, 0.717) is 11.1 Å². The van der Waals surface area contributed by atoms with Crippen molar-refractivity contribution in [2.24, 2.45) is 0 Å². The number of ether oxygens (including phenoxy) is 3. The number of nitrogens with zero attached hydrogens (tertiary/aromatic N) is 2. The molecule has 3 rings (SSSR count). The first-order valence-corrected chi connectivity index (χ1v) is 10.9. The molecule has 1 aromatic carbocycles. The van der Waals surface area contributed by atoms with E-state index in [4.69, 9.17) is 25.8 Å². The molecule has 0 saturated carbocycles. The van der Waals surface area contributed by atoms with Gasteiger partial charge in [0.25, 0.3) is 0 Å². The summed E-state index contributed by atoms with van der Waals surface area (Å²) in [5.74, 6) is 5.75. The third-order valence-corrected chi connectivity index (χ3v) is 5.67. The fraction of sp³-hybridized carbons (Fsp3) is 0.409. The minimum absolute atomic E-state index is 0.0734. The van der Waals surface area contributed by atoms with Crippen LogP contribution in [0.15, 0.2) is 34.9 Å². The number of hydrogen-bond acceptors (Lipinski definition) is 6. The van der Waals surface area contributed by atoms with E-state index in [-0.39, 0.29) is 23.7 Å². The zero-order chi connectivity index (χ0) is 22.4. The molecule has 164 valence electrons. The van der Waals surface area contributed by atoms with Crippen LogP contribution in [0.1, 0.15) is 44.2 Å². The highest BCUT2D eigenvalue weighted by Gasteiger charge is 2.24. The molecular weight excluding hydrogens is 488 g/mol. The van der Waals surface area contributed by atoms with Crippen LogP contribution in [0.3, 0.4) is 0 Å². The number of rotatable bonds is 6. The standard InChI is InChI=1S/C22H22BrClN2O5/c1-22(2,31-18-8-3-4-11-29-18)10-9-15-6-5-7-16(12-15)14-30-20-19(24)17(23)13-25-21(20)26(27)28/h5-7,12-13,18H,3-4,8,11,14H2,1-2H3. The molecule has 7 nitrogen and oxygen atoms in total. The monoisotopic (exact) mass is 508 g/mol. The summed E-state index contributed by atoms with van der Waals surface area (Å²) >= 11 is 9.36. The molecule has 31 heavy (non-hydrogen) atoms. The highest BCUT2D eigenvalue weighted by molar-refractivity contribution is 9.10. The second kappa shape index (κ2) is 10.4. The van der Waals surface area contributed by atoms with E-state index in [9.17, 15) is 10.1 Å². The largest absolute Gasteiger partial charge is 0.480 e. The van der Waals surface area contributed by atoms with Crippen LogP contribution in [-0.4, -0.2) is 28.4 Å². The van der Waals surface area contributed by atoms with Gasteiger partial charge >= 0.3 is 5.82 Å². The average Bonchev–Trinajstić information content (AvgIpc) is 2.74. The molecular formula is C22H22BrClN2O5. The van der Waals surface area contributed by atoms with Crippen LogP contribution in [0.2, 0.25) is 5.02 Å². The molecule has 1 saturated heterocycles. The SMILES string of the molecule is CC(C)(C#Cc1cccc(COc2c([N+](=O)[O-])ncc(Br)c2Cl)c1)OC1CCCCO1. The lowest BCUT2D eigenvalue weighted by Gasteiger charge is -2.29. The summed E-state index contributed by atoms with van der Waals surface area (Å²) in [4.78, 5) is 14.4. The van der Waals surface area contributed by atoms with Gasteiger partial charge in [-0.05, 0) is 76.6 Å². The Morgan fingerprint density at radius 1 is 1.42 bits per heavy atom. The first-order valence-electron chi connectivity index (χ1n) is 9.78. The summed E-state index contributed by atoms with van der Waals surface area (Å²) in [6.45, 7) is 4.61. The van der Waals surface area contributed by atoms with Gasteiger partial charge in [-0.2, -0.15) is 0 Å². The Balaban J connectivity index is 1.70. The second-order valence-corrected chi connectivity index (χ2v) is 8.73. The molecule has 0 spiro atoms. The zero-order valence-corrected chi connectivity index (χ0v) is 19.5. The predicted molar refractivity (Wildman–Crippen MR) is 120 cm³/mol. The molecule has 0 N–H and O–H groups in total. The number of benzene rings is 1. The maximum absolute atomic E-state index is 11.2. The molecule has 0 amide bonds. The normalized spacial score (nSPS) is 16.3. The topological polar surface area (TPSA) is 83.7 Å². The van der Waals surface area contributed by atoms with Crippen LogP contribution < -0.4 is 4.74 Å². The number of nitro groups is 1. The summed E-state index contributed by atoms with van der Waals surface area (Å²) in [7, 11) is 0. The van der Waals surface area contributed by atoms with Crippen molar-refractivity contribution in [2.45, 2.75) is 51.6 Å². The first kappa shape index (κ1) is 23.5. The van der Waals surface area contributed by atoms with E-state index >= 15 is 0 Å². The molecule has 1 atom stereocenters. The van der Waals surface area contributed by atoms with Gasteiger partial charge in [0.1, 0.15) is 17.2 Å². The van der Waals surface area contributed by atoms with Crippen molar-refractivity contribution in [3.05, 3.63) is 61.2 Å². The molecule has 1 fully saturated rings. The molecule has 1 aliphatic rings. The van der Waals surface area contributed by atoms with Crippen molar-refractivity contribution in [3.63, 3.8) is 0 Å². The molecule has 0 bridgehead atoms. The lowest BCUT2D eigenvalue weighted by molar-refractivity contribution is -0.390. The van der Waals surface area contributed by atoms with Gasteiger partial charge in [-0.1, -0.05) is 35.6 Å². The van der Waals surface area contributed by atoms with Crippen molar-refractivity contribution in [1.82, 2.24) is 4.98 Å². The van der Waals surface area contributed by atoms with Crippen molar-refractivity contribution in [1.29, 1.82) is 0 Å². The maximum Gasteiger partial charge on any atom is 0.407 e. The molecule has 9 heteroatoms. The van der Waals surface area contributed by atoms with E-state index in [2.05, 4.69) is 32.8 Å². The van der Waals surface area contributed by atoms with E-state index < -0.39 is 16.3 Å². The first-order chi connectivity index (χ1) is 14.7. The second-order valence-electron chi connectivity index (χ2n) is 7.49. The molecule has 1 aromatic heterocycles. The van der Waals surface area contributed by atoms with Crippen LogP contribution in [0.4, 0.5) is 5.82 Å². The third kappa shape index (κ3) is 6.65. The van der Waals surface area contributed by atoms with Crippen molar-refractivity contribution in [3.8, 4) is 17.6 Å². The van der Waals surface area contributed by atoms with Gasteiger partial charge in [-0.3, -0.25) is 0 Å². The van der Waals surface area contributed by atoms with Gasteiger partial charge < -0.3 is 24.3 Å². The lowest BCUT2D eigenvalue weighted by Crippen LogP contribution is -2.33. The minimum Gasteiger partial charge on any atom is -0.480 e. The summed E-state index contributed by atoms with van der Waals surface area (Å²) < 4.78 is 17.7. The summed E-state index contributed by atoms with van der Waals surface area (Å²) in [6.07, 6.45) is 4.07. The molecule has 1 aliphatic heterocycles. The van der Waals surface area contributed by atoms with Gasteiger partial charge in [0.2, 0.25) is 5.75 Å². The Hall–Kier alpha value is -2.18. The number of hydrogen-bond donors (Lipinski definition) is 0. The Bertz CT molecular complexity index is 1010. The van der Waals surface area contributed by atoms with Gasteiger partial charge in [0, 0.05) is 12.2 Å². The molecule has 2 heterocycles. The number of halogens is 2. The quantitative estimate of drug-likeness (QED) is 0.284. The Morgan fingerprint density at radius 3 is 2.94 bits per heavy atom. The van der Waals surface area contributed by atoms with E-state index in [1.165, 1.54) is 6.20 Å². The average molecular weight is 510 g/mol. The maximum atomic E-state index is 11.2. The fourth-order valence-corrected chi connectivity index (χ4v) is 3.45. The Morgan fingerprint density at radius 2 is 2.23 bits per heavy atom. The molecule has 1 unspecified atom stereocenters. The third-order valence-electron chi connectivity index (χ3n) is 4.47. The fourth-order valence-electron chi connectivity index (χ4n) is 2.98.